The van der Waals surface area contributed by atoms with Gasteiger partial charge in [-0.1, -0.05) is 15.9 Å². The zero-order valence-corrected chi connectivity index (χ0v) is 18.7. The predicted molar refractivity (Wildman–Crippen MR) is 109 cm³/mol. The number of rotatable bonds is 3. The molecule has 3 fully saturated rings. The molecule has 2 aliphatic carbocycles. The number of ether oxygens (including phenoxy) is 3. The molecule has 0 radical (unpaired) electrons. The van der Waals surface area contributed by atoms with Crippen molar-refractivity contribution < 1.29 is 41.4 Å². The van der Waals surface area contributed by atoms with Gasteiger partial charge in [-0.25, -0.2) is 17.6 Å². The molecule has 1 saturated heterocycles. The summed E-state index contributed by atoms with van der Waals surface area (Å²) in [5.74, 6) is -4.62. The minimum absolute atomic E-state index is 0.0186. The summed E-state index contributed by atoms with van der Waals surface area (Å²) in [5.41, 5.74) is 0.383. The van der Waals surface area contributed by atoms with Crippen molar-refractivity contribution in [2.75, 3.05) is 19.0 Å². The summed E-state index contributed by atoms with van der Waals surface area (Å²) in [6.45, 7) is 0.285. The van der Waals surface area contributed by atoms with Crippen molar-refractivity contribution in [1.82, 2.24) is 0 Å². The molecule has 33 heavy (non-hydrogen) atoms. The molecule has 0 amide bonds. The van der Waals surface area contributed by atoms with Gasteiger partial charge in [0.1, 0.15) is 11.6 Å². The minimum atomic E-state index is -0.677. The maximum atomic E-state index is 13.7. The third kappa shape index (κ3) is 3.41. The van der Waals surface area contributed by atoms with E-state index in [1.54, 1.807) is 0 Å². The Morgan fingerprint density at radius 2 is 1.52 bits per heavy atom. The zero-order chi connectivity index (χ0) is 23.6. The molecule has 0 N–H and O–H groups in total. The Bertz CT molecular complexity index is 1170. The van der Waals surface area contributed by atoms with Gasteiger partial charge in [0, 0.05) is 34.2 Å². The lowest BCUT2D eigenvalue weighted by molar-refractivity contribution is -0.141. The monoisotopic (exact) mass is 528 g/mol. The quantitative estimate of drug-likeness (QED) is 0.254. The first-order valence-corrected chi connectivity index (χ1v) is 11.4. The first-order chi connectivity index (χ1) is 15.8. The molecular weight excluding hydrogens is 512 g/mol. The maximum Gasteiger partial charge on any atom is 0.315 e. The van der Waals surface area contributed by atoms with Crippen molar-refractivity contribution in [1.29, 1.82) is 0 Å². The van der Waals surface area contributed by atoms with E-state index in [2.05, 4.69) is 15.9 Å². The van der Waals surface area contributed by atoms with Gasteiger partial charge in [0.2, 0.25) is 0 Å². The molecule has 174 valence electrons. The summed E-state index contributed by atoms with van der Waals surface area (Å²) < 4.78 is 68.8. The van der Waals surface area contributed by atoms with Crippen LogP contribution in [0.4, 0.5) is 17.6 Å². The highest BCUT2D eigenvalue weighted by atomic mass is 79.9. The Morgan fingerprint density at radius 1 is 0.879 bits per heavy atom. The van der Waals surface area contributed by atoms with Crippen LogP contribution in [0, 0.1) is 46.9 Å². The van der Waals surface area contributed by atoms with Crippen LogP contribution < -0.4 is 9.47 Å². The summed E-state index contributed by atoms with van der Waals surface area (Å²) in [4.78, 5) is 22.8. The van der Waals surface area contributed by atoms with E-state index in [4.69, 9.17) is 14.2 Å². The van der Waals surface area contributed by atoms with Crippen LogP contribution in [0.3, 0.4) is 0 Å². The van der Waals surface area contributed by atoms with Gasteiger partial charge >= 0.3 is 11.9 Å². The molecule has 6 atom stereocenters. The topological polar surface area (TPSA) is 61.8 Å². The number of benzene rings is 2. The molecule has 2 aliphatic heterocycles. The minimum Gasteiger partial charge on any atom is -0.493 e. The van der Waals surface area contributed by atoms with Crippen molar-refractivity contribution in [3.8, 4) is 11.5 Å². The molecule has 3 unspecified atom stereocenters. The molecule has 2 saturated carbocycles. The van der Waals surface area contributed by atoms with Crippen LogP contribution in [-0.2, 0) is 14.3 Å². The highest BCUT2D eigenvalue weighted by Gasteiger charge is 2.63. The number of esters is 2. The van der Waals surface area contributed by atoms with Crippen LogP contribution in [0.15, 0.2) is 24.3 Å². The van der Waals surface area contributed by atoms with Crippen molar-refractivity contribution >= 4 is 27.9 Å². The second kappa shape index (κ2) is 8.00. The lowest BCUT2D eigenvalue weighted by Gasteiger charge is -2.15. The standard InChI is InChI=1S/C12H10F2O3.C11H7BrF2O2/c1-16-11-7(14)3-2-6(13)10(11)8-5-4-17-12(15)9(5)8;12-3-4-7-8(4)11(15)16-10-6(14)2-1-5(13)9(7)10/h2-3,5,8-9H,4H2,1H3;1-2,4,7-8H,3H2/t5-,8+,9-;/m1./s1. The van der Waals surface area contributed by atoms with Gasteiger partial charge in [0.25, 0.3) is 0 Å². The summed E-state index contributed by atoms with van der Waals surface area (Å²) in [5, 5.41) is 0.590. The molecule has 2 aromatic rings. The molecule has 2 heterocycles. The summed E-state index contributed by atoms with van der Waals surface area (Å²) >= 11 is 3.26. The second-order valence-electron chi connectivity index (χ2n) is 8.38. The van der Waals surface area contributed by atoms with Gasteiger partial charge in [-0.05, 0) is 30.2 Å². The Labute approximate surface area is 194 Å². The van der Waals surface area contributed by atoms with E-state index in [1.807, 2.05) is 0 Å². The second-order valence-corrected chi connectivity index (χ2v) is 9.03. The van der Waals surface area contributed by atoms with Crippen molar-refractivity contribution in [2.45, 2.75) is 11.8 Å². The number of carbonyl (C=O) groups is 2. The van der Waals surface area contributed by atoms with Crippen LogP contribution in [0.1, 0.15) is 23.0 Å². The molecule has 4 aliphatic rings. The number of fused-ring (bicyclic) bond motifs is 4. The highest BCUT2D eigenvalue weighted by Crippen LogP contribution is 2.61. The van der Waals surface area contributed by atoms with E-state index in [-0.39, 0.29) is 70.7 Å². The fourth-order valence-corrected chi connectivity index (χ4v) is 5.86. The number of alkyl halides is 1. The van der Waals surface area contributed by atoms with Crippen LogP contribution in [0.5, 0.6) is 11.5 Å². The van der Waals surface area contributed by atoms with Gasteiger partial charge in [-0.15, -0.1) is 0 Å². The molecule has 10 heteroatoms. The van der Waals surface area contributed by atoms with Crippen molar-refractivity contribution in [2.24, 2.45) is 23.7 Å². The van der Waals surface area contributed by atoms with Gasteiger partial charge in [-0.3, -0.25) is 9.59 Å². The number of halogens is 5. The normalized spacial score (nSPS) is 30.1. The highest BCUT2D eigenvalue weighted by molar-refractivity contribution is 9.09. The van der Waals surface area contributed by atoms with E-state index in [0.717, 1.165) is 24.3 Å². The van der Waals surface area contributed by atoms with E-state index >= 15 is 0 Å². The zero-order valence-electron chi connectivity index (χ0n) is 17.1. The number of cyclic esters (lactones) is 1. The Hall–Kier alpha value is -2.62. The molecule has 0 aromatic heterocycles. The Morgan fingerprint density at radius 3 is 2.12 bits per heavy atom. The first kappa shape index (κ1) is 22.2. The first-order valence-electron chi connectivity index (χ1n) is 10.2. The molecule has 5 nitrogen and oxygen atoms in total. The van der Waals surface area contributed by atoms with Crippen molar-refractivity contribution in [3.63, 3.8) is 0 Å². The smallest absolute Gasteiger partial charge is 0.315 e. The van der Waals surface area contributed by atoms with Crippen molar-refractivity contribution in [3.05, 3.63) is 58.7 Å². The largest absolute Gasteiger partial charge is 0.493 e. The van der Waals surface area contributed by atoms with Gasteiger partial charge in [0.05, 0.1) is 25.6 Å². The van der Waals surface area contributed by atoms with E-state index < -0.39 is 29.2 Å². The number of carbonyl (C=O) groups excluding carboxylic acids is 2. The molecule has 0 bridgehead atoms. The van der Waals surface area contributed by atoms with E-state index in [1.165, 1.54) is 7.11 Å². The Kier molecular flexibility index (Phi) is 5.38. The number of hydrogen-bond donors (Lipinski definition) is 0. The van der Waals surface area contributed by atoms with Crippen LogP contribution >= 0.6 is 15.9 Å². The lowest BCUT2D eigenvalue weighted by Crippen LogP contribution is -2.18. The average molecular weight is 529 g/mol. The maximum absolute atomic E-state index is 13.7. The van der Waals surface area contributed by atoms with Gasteiger partial charge in [-0.2, -0.15) is 0 Å². The fraction of sp³-hybridized carbons (Fsp3) is 0.391. The Balaban J connectivity index is 0.000000139. The summed E-state index contributed by atoms with van der Waals surface area (Å²) in [6.07, 6.45) is 0. The number of methoxy groups -OCH3 is 1. The predicted octanol–water partition coefficient (Wildman–Crippen LogP) is 4.47. The lowest BCUT2D eigenvalue weighted by atomic mass is 10.0. The van der Waals surface area contributed by atoms with E-state index in [9.17, 15) is 27.2 Å². The fourth-order valence-electron chi connectivity index (χ4n) is 5.05. The molecule has 2 aromatic carbocycles. The third-order valence-corrected chi connectivity index (χ3v) is 7.49. The summed E-state index contributed by atoms with van der Waals surface area (Å²) in [7, 11) is 1.29. The SMILES string of the molecule is COc1c(F)ccc(F)c1[C@H]1[C@H]2COC(=O)[C@H]21.O=C1Oc2c(F)ccc(F)c2C2C(CBr)C12. The summed E-state index contributed by atoms with van der Waals surface area (Å²) in [6, 6.07) is 4.14. The molecular formula is C23H17BrF4O5. The molecule has 6 rings (SSSR count). The number of hydrogen-bond acceptors (Lipinski definition) is 5. The van der Waals surface area contributed by atoms with E-state index in [0.29, 0.717) is 5.33 Å². The molecule has 0 spiro atoms. The van der Waals surface area contributed by atoms with Crippen LogP contribution in [0.2, 0.25) is 0 Å². The van der Waals surface area contributed by atoms with Gasteiger partial charge < -0.3 is 14.2 Å². The van der Waals surface area contributed by atoms with Crippen LogP contribution in [-0.4, -0.2) is 31.0 Å². The average Bonchev–Trinajstić information content (AvgIpc) is 3.67. The van der Waals surface area contributed by atoms with Gasteiger partial charge in [0.15, 0.2) is 23.1 Å². The third-order valence-electron chi connectivity index (χ3n) is 6.74. The van der Waals surface area contributed by atoms with Crippen LogP contribution in [0.25, 0.3) is 0 Å².